The lowest BCUT2D eigenvalue weighted by atomic mass is 9.96. The van der Waals surface area contributed by atoms with Crippen LogP contribution in [0.25, 0.3) is 0 Å². The second-order valence-electron chi connectivity index (χ2n) is 6.21. The number of carboxylic acid groups (broad SMARTS) is 1. The average molecular weight is 347 g/mol. The largest absolute Gasteiger partial charge is 0.481 e. The summed E-state index contributed by atoms with van der Waals surface area (Å²) in [5, 5.41) is 19.9. The number of benzene rings is 1. The molecule has 9 nitrogen and oxygen atoms in total. The monoisotopic (exact) mass is 347 g/mol. The zero-order chi connectivity index (χ0) is 18.1. The van der Waals surface area contributed by atoms with Crippen molar-refractivity contribution in [3.05, 3.63) is 34.4 Å². The fourth-order valence-corrected chi connectivity index (χ4v) is 3.38. The molecule has 0 unspecified atom stereocenters. The summed E-state index contributed by atoms with van der Waals surface area (Å²) in [4.78, 5) is 49.1. The molecule has 0 saturated carbocycles. The minimum absolute atomic E-state index is 0.000731. The molecule has 1 atom stereocenters. The number of nitrogens with zero attached hydrogens (tertiary/aromatic N) is 3. The molecule has 1 aromatic carbocycles. The fourth-order valence-electron chi connectivity index (χ4n) is 3.38. The Morgan fingerprint density at radius 1 is 1.24 bits per heavy atom. The number of nitro groups is 1. The second kappa shape index (κ2) is 6.60. The maximum Gasteiger partial charge on any atom is 0.306 e. The van der Waals surface area contributed by atoms with Crippen molar-refractivity contribution in [2.45, 2.75) is 25.3 Å². The highest BCUT2D eigenvalue weighted by Crippen LogP contribution is 2.30. The number of carbonyl (C=O) groups excluding carboxylic acids is 2. The average Bonchev–Trinajstić information content (AvgIpc) is 2.89. The molecule has 0 spiro atoms. The molecule has 1 N–H and O–H groups in total. The summed E-state index contributed by atoms with van der Waals surface area (Å²) < 4.78 is 0. The number of nitro benzene ring substituents is 1. The molecular weight excluding hydrogens is 330 g/mol. The van der Waals surface area contributed by atoms with E-state index in [0.29, 0.717) is 25.9 Å². The molecule has 1 aromatic rings. The van der Waals surface area contributed by atoms with E-state index in [1.807, 2.05) is 4.90 Å². The van der Waals surface area contributed by atoms with Crippen LogP contribution >= 0.6 is 0 Å². The first kappa shape index (κ1) is 17.0. The normalized spacial score (nSPS) is 22.4. The number of amides is 2. The molecular formula is C16H17N3O6. The highest BCUT2D eigenvalue weighted by Gasteiger charge is 2.44. The molecule has 25 heavy (non-hydrogen) atoms. The van der Waals surface area contributed by atoms with Gasteiger partial charge in [0.25, 0.3) is 11.6 Å². The number of anilines is 1. The van der Waals surface area contributed by atoms with E-state index < -0.39 is 34.7 Å². The summed E-state index contributed by atoms with van der Waals surface area (Å²) in [5.41, 5.74) is -0.00376. The predicted octanol–water partition coefficient (Wildman–Crippen LogP) is 1.02. The minimum atomic E-state index is -0.841. The number of non-ortho nitro benzene ring substituents is 1. The first-order chi connectivity index (χ1) is 11.9. The van der Waals surface area contributed by atoms with Crippen LogP contribution < -0.4 is 4.90 Å². The van der Waals surface area contributed by atoms with Gasteiger partial charge >= 0.3 is 5.97 Å². The molecule has 0 bridgehead atoms. The van der Waals surface area contributed by atoms with Gasteiger partial charge in [-0.15, -0.1) is 0 Å². The number of carbonyl (C=O) groups is 3. The Morgan fingerprint density at radius 3 is 2.52 bits per heavy atom. The minimum Gasteiger partial charge on any atom is -0.481 e. The number of aliphatic carboxylic acids is 1. The Kier molecular flexibility index (Phi) is 4.49. The quantitative estimate of drug-likeness (QED) is 0.490. The highest BCUT2D eigenvalue weighted by molar-refractivity contribution is 6.22. The second-order valence-corrected chi connectivity index (χ2v) is 6.21. The predicted molar refractivity (Wildman–Crippen MR) is 85.9 cm³/mol. The zero-order valence-corrected chi connectivity index (χ0v) is 13.3. The number of imide groups is 1. The van der Waals surface area contributed by atoms with Gasteiger partial charge in [0.2, 0.25) is 5.91 Å². The number of rotatable bonds is 4. The third-order valence-electron chi connectivity index (χ3n) is 4.74. The molecule has 9 heteroatoms. The van der Waals surface area contributed by atoms with Crippen LogP contribution in [-0.2, 0) is 14.4 Å². The first-order valence-electron chi connectivity index (χ1n) is 7.96. The van der Waals surface area contributed by atoms with Crippen molar-refractivity contribution in [3.8, 4) is 0 Å². The molecule has 132 valence electrons. The van der Waals surface area contributed by atoms with Crippen LogP contribution in [0.1, 0.15) is 19.3 Å². The van der Waals surface area contributed by atoms with E-state index in [2.05, 4.69) is 0 Å². The van der Waals surface area contributed by atoms with Gasteiger partial charge in [-0.3, -0.25) is 29.4 Å². The van der Waals surface area contributed by atoms with Gasteiger partial charge in [0, 0.05) is 12.1 Å². The summed E-state index contributed by atoms with van der Waals surface area (Å²) in [6.45, 7) is 0.868. The lowest BCUT2D eigenvalue weighted by Crippen LogP contribution is -2.46. The smallest absolute Gasteiger partial charge is 0.306 e. The topological polar surface area (TPSA) is 121 Å². The Bertz CT molecular complexity index is 741. The molecule has 2 heterocycles. The van der Waals surface area contributed by atoms with Crippen molar-refractivity contribution in [2.75, 3.05) is 18.0 Å². The fraction of sp³-hybridized carbons (Fsp3) is 0.438. The van der Waals surface area contributed by atoms with Crippen molar-refractivity contribution in [1.29, 1.82) is 0 Å². The number of hydrogen-bond donors (Lipinski definition) is 1. The molecule has 3 rings (SSSR count). The number of hydrogen-bond acceptors (Lipinski definition) is 6. The molecule has 2 aliphatic rings. The van der Waals surface area contributed by atoms with Crippen molar-refractivity contribution < 1.29 is 24.4 Å². The summed E-state index contributed by atoms with van der Waals surface area (Å²) in [6.07, 6.45) is 0.869. The van der Waals surface area contributed by atoms with Crippen LogP contribution in [0.5, 0.6) is 0 Å². The maximum absolute atomic E-state index is 12.7. The van der Waals surface area contributed by atoms with E-state index in [1.165, 1.54) is 24.3 Å². The van der Waals surface area contributed by atoms with Gasteiger partial charge in [0.15, 0.2) is 0 Å². The number of piperidine rings is 1. The molecule has 2 fully saturated rings. The summed E-state index contributed by atoms with van der Waals surface area (Å²) >= 11 is 0. The van der Waals surface area contributed by atoms with Crippen LogP contribution in [0.2, 0.25) is 0 Å². The standard InChI is InChI=1S/C16H17N3O6/c20-14-9-13(17-6-4-10(5-7-17)16(22)23)15(21)18(14)11-2-1-3-12(8-11)19(24)25/h1-3,8,10,13H,4-7,9H2,(H,22,23)/t13-/m0/s1. The van der Waals surface area contributed by atoms with Crippen LogP contribution in [-0.4, -0.2) is 51.8 Å². The van der Waals surface area contributed by atoms with Gasteiger partial charge in [-0.1, -0.05) is 6.07 Å². The van der Waals surface area contributed by atoms with E-state index in [4.69, 9.17) is 5.11 Å². The van der Waals surface area contributed by atoms with E-state index in [1.54, 1.807) is 0 Å². The molecule has 0 radical (unpaired) electrons. The highest BCUT2D eigenvalue weighted by atomic mass is 16.6. The lowest BCUT2D eigenvalue weighted by Gasteiger charge is -2.33. The Labute approximate surface area is 143 Å². The van der Waals surface area contributed by atoms with Crippen LogP contribution in [0, 0.1) is 16.0 Å². The SMILES string of the molecule is O=C(O)C1CCN([C@H]2CC(=O)N(c3cccc([N+](=O)[O-])c3)C2=O)CC1. The number of carboxylic acids is 1. The molecule has 0 aliphatic carbocycles. The van der Waals surface area contributed by atoms with E-state index in [0.717, 1.165) is 4.90 Å². The van der Waals surface area contributed by atoms with E-state index >= 15 is 0 Å². The van der Waals surface area contributed by atoms with Crippen molar-refractivity contribution >= 4 is 29.2 Å². The zero-order valence-electron chi connectivity index (χ0n) is 13.3. The molecule has 2 amide bonds. The van der Waals surface area contributed by atoms with Gasteiger partial charge in [0.05, 0.1) is 29.0 Å². The van der Waals surface area contributed by atoms with Gasteiger partial charge in [-0.25, -0.2) is 4.90 Å². The first-order valence-corrected chi connectivity index (χ1v) is 7.96. The third-order valence-corrected chi connectivity index (χ3v) is 4.74. The van der Waals surface area contributed by atoms with Crippen LogP contribution in [0.4, 0.5) is 11.4 Å². The Hall–Kier alpha value is -2.81. The summed E-state index contributed by atoms with van der Waals surface area (Å²) in [5.74, 6) is -2.09. The molecule has 0 aromatic heterocycles. The maximum atomic E-state index is 12.7. The van der Waals surface area contributed by atoms with E-state index in [9.17, 15) is 24.5 Å². The van der Waals surface area contributed by atoms with Crippen LogP contribution in [0.3, 0.4) is 0 Å². The number of likely N-dealkylation sites (tertiary alicyclic amines) is 1. The van der Waals surface area contributed by atoms with Crippen LogP contribution in [0.15, 0.2) is 24.3 Å². The molecule has 2 saturated heterocycles. The van der Waals surface area contributed by atoms with E-state index in [-0.39, 0.29) is 17.8 Å². The third kappa shape index (κ3) is 3.22. The van der Waals surface area contributed by atoms with Crippen molar-refractivity contribution in [1.82, 2.24) is 4.90 Å². The van der Waals surface area contributed by atoms with Gasteiger partial charge < -0.3 is 5.11 Å². The lowest BCUT2D eigenvalue weighted by molar-refractivity contribution is -0.384. The van der Waals surface area contributed by atoms with Crippen molar-refractivity contribution in [3.63, 3.8) is 0 Å². The summed E-state index contributed by atoms with van der Waals surface area (Å²) in [6, 6.07) is 4.78. The Morgan fingerprint density at radius 2 is 1.92 bits per heavy atom. The summed E-state index contributed by atoms with van der Waals surface area (Å²) in [7, 11) is 0. The van der Waals surface area contributed by atoms with Crippen molar-refractivity contribution in [2.24, 2.45) is 5.92 Å². The van der Waals surface area contributed by atoms with Gasteiger partial charge in [-0.2, -0.15) is 0 Å². The van der Waals surface area contributed by atoms with Gasteiger partial charge in [0.1, 0.15) is 0 Å². The molecule has 2 aliphatic heterocycles. The van der Waals surface area contributed by atoms with Gasteiger partial charge in [-0.05, 0) is 32.0 Å². The Balaban J connectivity index is 1.76.